The summed E-state index contributed by atoms with van der Waals surface area (Å²) in [6.45, 7) is 1.72. The first kappa shape index (κ1) is 16.9. The van der Waals surface area contributed by atoms with Crippen molar-refractivity contribution < 1.29 is 4.79 Å². The van der Waals surface area contributed by atoms with Crippen LogP contribution in [0.2, 0.25) is 5.02 Å². The number of amides is 1. The Balaban J connectivity index is 1.51. The maximum atomic E-state index is 12.7. The average Bonchev–Trinajstić information content (AvgIpc) is 3.25. The van der Waals surface area contributed by atoms with Crippen molar-refractivity contribution in [3.05, 3.63) is 46.6 Å². The smallest absolute Gasteiger partial charge is 0.225 e. The summed E-state index contributed by atoms with van der Waals surface area (Å²) in [6.07, 6.45) is 4.80. The summed E-state index contributed by atoms with van der Waals surface area (Å²) in [4.78, 5) is 19.5. The summed E-state index contributed by atoms with van der Waals surface area (Å²) < 4.78 is 0. The van der Waals surface area contributed by atoms with Gasteiger partial charge in [-0.1, -0.05) is 41.9 Å². The first-order valence-corrected chi connectivity index (χ1v) is 10.1. The molecule has 2 aliphatic heterocycles. The minimum atomic E-state index is -0.251. The molecule has 1 saturated carbocycles. The topological polar surface area (TPSA) is 58.5 Å². The van der Waals surface area contributed by atoms with E-state index in [-0.39, 0.29) is 11.9 Å². The van der Waals surface area contributed by atoms with Crippen LogP contribution in [0.25, 0.3) is 11.3 Å². The molecular formula is C21H21ClN4O. The predicted molar refractivity (Wildman–Crippen MR) is 105 cm³/mol. The molecule has 1 saturated heterocycles. The van der Waals surface area contributed by atoms with Crippen molar-refractivity contribution in [1.82, 2.24) is 15.1 Å². The van der Waals surface area contributed by atoms with Crippen molar-refractivity contribution in [1.29, 1.82) is 0 Å². The van der Waals surface area contributed by atoms with Gasteiger partial charge in [0.15, 0.2) is 0 Å². The van der Waals surface area contributed by atoms with Crippen molar-refractivity contribution >= 4 is 23.2 Å². The van der Waals surface area contributed by atoms with Crippen molar-refractivity contribution in [3.63, 3.8) is 0 Å². The normalized spacial score (nSPS) is 21.3. The number of carbonyl (C=O) groups is 1. The van der Waals surface area contributed by atoms with E-state index in [1.807, 2.05) is 35.2 Å². The highest BCUT2D eigenvalue weighted by Crippen LogP contribution is 2.45. The third-order valence-corrected chi connectivity index (χ3v) is 6.01. The predicted octanol–water partition coefficient (Wildman–Crippen LogP) is 4.06. The lowest BCUT2D eigenvalue weighted by molar-refractivity contribution is -0.130. The second-order valence-electron chi connectivity index (χ2n) is 7.59. The molecule has 5 rings (SSSR count). The van der Waals surface area contributed by atoms with Crippen LogP contribution < -0.4 is 0 Å². The van der Waals surface area contributed by atoms with Crippen molar-refractivity contribution in [3.8, 4) is 11.3 Å². The van der Waals surface area contributed by atoms with Gasteiger partial charge in [-0.05, 0) is 25.7 Å². The van der Waals surface area contributed by atoms with Crippen LogP contribution in [0.3, 0.4) is 0 Å². The van der Waals surface area contributed by atoms with Gasteiger partial charge in [-0.2, -0.15) is 5.10 Å². The van der Waals surface area contributed by atoms with E-state index in [1.54, 1.807) is 0 Å². The summed E-state index contributed by atoms with van der Waals surface area (Å²) in [5, 5.41) is 9.53. The van der Waals surface area contributed by atoms with E-state index in [9.17, 15) is 4.79 Å². The number of benzene rings is 1. The standard InChI is InChI=1S/C21H21ClN4O/c22-18-17-19(14-8-9-14)23-15(12-16(27)26-10-4-5-11-26)21(17)25-24-20(18)13-6-2-1-3-7-13/h1-3,6-7,14-15H,4-5,8-12H2. The van der Waals surface area contributed by atoms with Gasteiger partial charge in [-0.3, -0.25) is 9.79 Å². The van der Waals surface area contributed by atoms with E-state index >= 15 is 0 Å². The molecule has 5 nitrogen and oxygen atoms in total. The summed E-state index contributed by atoms with van der Waals surface area (Å²) in [5.74, 6) is 0.607. The van der Waals surface area contributed by atoms with Crippen LogP contribution in [-0.4, -0.2) is 39.8 Å². The molecule has 0 spiro atoms. The Hall–Kier alpha value is -2.27. The number of nitrogens with zero attached hydrogens (tertiary/aromatic N) is 4. The van der Waals surface area contributed by atoms with Gasteiger partial charge < -0.3 is 4.90 Å². The second-order valence-corrected chi connectivity index (χ2v) is 7.96. The summed E-state index contributed by atoms with van der Waals surface area (Å²) in [5.41, 5.74) is 4.36. The number of fused-ring (bicyclic) bond motifs is 1. The molecule has 2 aromatic rings. The Morgan fingerprint density at radius 2 is 1.85 bits per heavy atom. The SMILES string of the molecule is O=C(CC1N=C(C2CC2)c2c1nnc(-c1ccccc1)c2Cl)N1CCCC1. The van der Waals surface area contributed by atoms with Gasteiger partial charge in [0.05, 0.1) is 17.1 Å². The fraction of sp³-hybridized carbons (Fsp3) is 0.429. The number of hydrogen-bond acceptors (Lipinski definition) is 4. The van der Waals surface area contributed by atoms with E-state index in [1.165, 1.54) is 0 Å². The van der Waals surface area contributed by atoms with E-state index in [0.717, 1.165) is 61.3 Å². The molecule has 1 unspecified atom stereocenters. The van der Waals surface area contributed by atoms with Crippen LogP contribution >= 0.6 is 11.6 Å². The van der Waals surface area contributed by atoms with Gasteiger partial charge >= 0.3 is 0 Å². The maximum Gasteiger partial charge on any atom is 0.225 e. The Kier molecular flexibility index (Phi) is 4.20. The first-order valence-electron chi connectivity index (χ1n) is 9.69. The number of aromatic nitrogens is 2. The third-order valence-electron chi connectivity index (χ3n) is 5.65. The molecule has 1 amide bonds. The number of aliphatic imine (C=N–C) groups is 1. The summed E-state index contributed by atoms with van der Waals surface area (Å²) >= 11 is 6.81. The number of carbonyl (C=O) groups excluding carboxylic acids is 1. The molecule has 0 N–H and O–H groups in total. The fourth-order valence-corrected chi connectivity index (χ4v) is 4.39. The van der Waals surface area contributed by atoms with Gasteiger partial charge in [-0.25, -0.2) is 0 Å². The molecule has 2 fully saturated rings. The monoisotopic (exact) mass is 380 g/mol. The Bertz CT molecular complexity index is 917. The number of likely N-dealkylation sites (tertiary alicyclic amines) is 1. The molecule has 1 aromatic carbocycles. The Morgan fingerprint density at radius 3 is 2.56 bits per heavy atom. The zero-order valence-electron chi connectivity index (χ0n) is 15.1. The number of hydrogen-bond donors (Lipinski definition) is 0. The number of halogens is 1. The largest absolute Gasteiger partial charge is 0.343 e. The van der Waals surface area contributed by atoms with Crippen molar-refractivity contribution in [2.24, 2.45) is 10.9 Å². The molecule has 1 aliphatic carbocycles. The zero-order valence-corrected chi connectivity index (χ0v) is 15.8. The second kappa shape index (κ2) is 6.71. The van der Waals surface area contributed by atoms with E-state index in [0.29, 0.717) is 23.1 Å². The first-order chi connectivity index (χ1) is 13.2. The summed E-state index contributed by atoms with van der Waals surface area (Å²) in [7, 11) is 0. The van der Waals surface area contributed by atoms with Crippen LogP contribution in [0.1, 0.15) is 49.4 Å². The minimum absolute atomic E-state index is 0.161. The van der Waals surface area contributed by atoms with E-state index in [4.69, 9.17) is 16.6 Å². The molecule has 6 heteroatoms. The molecular weight excluding hydrogens is 360 g/mol. The van der Waals surface area contributed by atoms with Crippen molar-refractivity contribution in [2.75, 3.05) is 13.1 Å². The third kappa shape index (κ3) is 3.04. The van der Waals surface area contributed by atoms with Gasteiger partial charge in [0.25, 0.3) is 0 Å². The molecule has 3 heterocycles. The molecule has 3 aliphatic rings. The number of rotatable bonds is 4. The van der Waals surface area contributed by atoms with Crippen LogP contribution in [0, 0.1) is 5.92 Å². The van der Waals surface area contributed by atoms with Crippen LogP contribution in [0.4, 0.5) is 0 Å². The van der Waals surface area contributed by atoms with E-state index < -0.39 is 0 Å². The van der Waals surface area contributed by atoms with E-state index in [2.05, 4.69) is 10.2 Å². The molecule has 1 atom stereocenters. The van der Waals surface area contributed by atoms with Crippen LogP contribution in [0.5, 0.6) is 0 Å². The van der Waals surface area contributed by atoms with Crippen LogP contribution in [0.15, 0.2) is 35.3 Å². The molecule has 1 aromatic heterocycles. The molecule has 0 radical (unpaired) electrons. The lowest BCUT2D eigenvalue weighted by Crippen LogP contribution is -2.28. The van der Waals surface area contributed by atoms with Gasteiger partial charge in [0, 0.05) is 35.8 Å². The quantitative estimate of drug-likeness (QED) is 0.803. The molecule has 0 bridgehead atoms. The Morgan fingerprint density at radius 1 is 1.11 bits per heavy atom. The van der Waals surface area contributed by atoms with Crippen molar-refractivity contribution in [2.45, 2.75) is 38.1 Å². The summed E-state index contributed by atoms with van der Waals surface area (Å²) in [6, 6.07) is 9.62. The molecule has 138 valence electrons. The Labute approximate surface area is 163 Å². The maximum absolute atomic E-state index is 12.7. The van der Waals surface area contributed by atoms with Gasteiger partial charge in [0.1, 0.15) is 11.7 Å². The fourth-order valence-electron chi connectivity index (χ4n) is 4.05. The minimum Gasteiger partial charge on any atom is -0.343 e. The zero-order chi connectivity index (χ0) is 18.4. The lowest BCUT2D eigenvalue weighted by atomic mass is 10.0. The molecule has 27 heavy (non-hydrogen) atoms. The highest BCUT2D eigenvalue weighted by molar-refractivity contribution is 6.37. The van der Waals surface area contributed by atoms with Gasteiger partial charge in [0.2, 0.25) is 5.91 Å². The van der Waals surface area contributed by atoms with Gasteiger partial charge in [-0.15, -0.1) is 5.10 Å². The highest BCUT2D eigenvalue weighted by Gasteiger charge is 2.40. The lowest BCUT2D eigenvalue weighted by Gasteiger charge is -2.17. The highest BCUT2D eigenvalue weighted by atomic mass is 35.5. The average molecular weight is 381 g/mol. The van der Waals surface area contributed by atoms with Crippen LogP contribution in [-0.2, 0) is 4.79 Å².